The second kappa shape index (κ2) is 9.38. The number of hydrogen-bond acceptors (Lipinski definition) is 4. The van der Waals surface area contributed by atoms with Gasteiger partial charge >= 0.3 is 0 Å². The first kappa shape index (κ1) is 22.4. The molecule has 4 aromatic rings. The number of hydrogen-bond donors (Lipinski definition) is 3. The summed E-state index contributed by atoms with van der Waals surface area (Å²) < 4.78 is 30.3. The van der Waals surface area contributed by atoms with Gasteiger partial charge in [-0.25, -0.2) is 8.42 Å². The molecule has 0 saturated carbocycles. The van der Waals surface area contributed by atoms with E-state index in [2.05, 4.69) is 21.1 Å². The quantitative estimate of drug-likeness (QED) is 0.350. The van der Waals surface area contributed by atoms with Gasteiger partial charge in [0, 0.05) is 34.4 Å². The molecule has 1 amide bonds. The minimum atomic E-state index is -3.34. The highest BCUT2D eigenvalue weighted by molar-refractivity contribution is 7.92. The molecule has 33 heavy (non-hydrogen) atoms. The molecule has 0 aliphatic rings. The highest BCUT2D eigenvalue weighted by Crippen LogP contribution is 2.32. The van der Waals surface area contributed by atoms with E-state index in [1.165, 1.54) is 0 Å². The van der Waals surface area contributed by atoms with Gasteiger partial charge < -0.3 is 15.0 Å². The molecule has 0 fully saturated rings. The lowest BCUT2D eigenvalue weighted by Gasteiger charge is -2.09. The molecule has 0 radical (unpaired) electrons. The summed E-state index contributed by atoms with van der Waals surface area (Å²) in [6.45, 7) is 0. The second-order valence-electron chi connectivity index (χ2n) is 7.75. The van der Waals surface area contributed by atoms with Crippen molar-refractivity contribution in [1.82, 2.24) is 4.98 Å². The van der Waals surface area contributed by atoms with Crippen molar-refractivity contribution >= 4 is 38.2 Å². The van der Waals surface area contributed by atoms with Gasteiger partial charge in [0.1, 0.15) is 5.75 Å². The van der Waals surface area contributed by atoms with Crippen molar-refractivity contribution in [2.24, 2.45) is 0 Å². The minimum absolute atomic E-state index is 0.121. The van der Waals surface area contributed by atoms with E-state index < -0.39 is 10.0 Å². The van der Waals surface area contributed by atoms with Gasteiger partial charge in [-0.15, -0.1) is 0 Å². The lowest BCUT2D eigenvalue weighted by molar-refractivity contribution is -0.116. The lowest BCUT2D eigenvalue weighted by atomic mass is 10.0. The molecule has 0 unspecified atom stereocenters. The number of sulfonamides is 1. The number of aromatic nitrogens is 1. The maximum absolute atomic E-state index is 12.6. The van der Waals surface area contributed by atoms with E-state index in [0.29, 0.717) is 24.2 Å². The molecule has 0 bridgehead atoms. The van der Waals surface area contributed by atoms with Gasteiger partial charge in [0.25, 0.3) is 0 Å². The normalized spacial score (nSPS) is 11.3. The zero-order chi connectivity index (χ0) is 23.4. The fourth-order valence-electron chi connectivity index (χ4n) is 3.76. The van der Waals surface area contributed by atoms with Crippen molar-refractivity contribution < 1.29 is 17.9 Å². The number of carbonyl (C=O) groups excluding carboxylic acids is 1. The molecule has 3 N–H and O–H groups in total. The van der Waals surface area contributed by atoms with Crippen LogP contribution in [-0.4, -0.2) is 32.7 Å². The number of H-pyrrole nitrogens is 1. The Bertz CT molecular complexity index is 1380. The average Bonchev–Trinajstić information content (AvgIpc) is 3.17. The summed E-state index contributed by atoms with van der Waals surface area (Å²) in [6.07, 6.45) is 1.95. The van der Waals surface area contributed by atoms with Crippen LogP contribution in [0.2, 0.25) is 0 Å². The Labute approximate surface area is 192 Å². The van der Waals surface area contributed by atoms with Crippen molar-refractivity contribution in [3.8, 4) is 17.0 Å². The summed E-state index contributed by atoms with van der Waals surface area (Å²) in [5, 5.41) is 3.96. The molecule has 0 aliphatic carbocycles. The first-order chi connectivity index (χ1) is 15.8. The van der Waals surface area contributed by atoms with Crippen molar-refractivity contribution in [1.29, 1.82) is 0 Å². The largest absolute Gasteiger partial charge is 0.497 e. The number of nitrogens with one attached hydrogen (secondary N) is 3. The lowest BCUT2D eigenvalue weighted by Crippen LogP contribution is -2.13. The number of para-hydroxylation sites is 1. The number of methoxy groups -OCH3 is 1. The Kier molecular flexibility index (Phi) is 6.37. The number of rotatable bonds is 8. The molecule has 4 rings (SSSR count). The van der Waals surface area contributed by atoms with E-state index in [1.807, 2.05) is 42.5 Å². The fourth-order valence-corrected chi connectivity index (χ4v) is 4.33. The van der Waals surface area contributed by atoms with Gasteiger partial charge in [-0.3, -0.25) is 9.52 Å². The van der Waals surface area contributed by atoms with Gasteiger partial charge in [0.05, 0.1) is 13.4 Å². The summed E-state index contributed by atoms with van der Waals surface area (Å²) >= 11 is 0. The van der Waals surface area contributed by atoms with Crippen LogP contribution in [0.3, 0.4) is 0 Å². The second-order valence-corrected chi connectivity index (χ2v) is 9.50. The molecule has 0 saturated heterocycles. The minimum Gasteiger partial charge on any atom is -0.497 e. The third-order valence-electron chi connectivity index (χ3n) is 5.27. The summed E-state index contributed by atoms with van der Waals surface area (Å²) in [7, 11) is -1.71. The zero-order valence-corrected chi connectivity index (χ0v) is 19.2. The molecule has 8 heteroatoms. The predicted octanol–water partition coefficient (Wildman–Crippen LogP) is 4.79. The maximum Gasteiger partial charge on any atom is 0.229 e. The molecule has 0 spiro atoms. The van der Waals surface area contributed by atoms with Crippen LogP contribution in [0.25, 0.3) is 22.2 Å². The summed E-state index contributed by atoms with van der Waals surface area (Å²) in [5.41, 5.74) is 5.16. The smallest absolute Gasteiger partial charge is 0.229 e. The van der Waals surface area contributed by atoms with Crippen LogP contribution in [-0.2, 0) is 21.2 Å². The van der Waals surface area contributed by atoms with Crippen LogP contribution in [0.1, 0.15) is 12.0 Å². The standard InChI is InChI=1S/C25H25N3O4S/c1-32-20-13-7-17(8-14-20)25-22(21-5-3-4-6-23(21)27-25)15-16-24(29)26-18-9-11-19(12-10-18)28-33(2,30)31/h3-14,27-28H,15-16H2,1-2H3,(H,26,29). The molecule has 1 heterocycles. The Hall–Kier alpha value is -3.78. The summed E-state index contributed by atoms with van der Waals surface area (Å²) in [5.74, 6) is 0.665. The topological polar surface area (TPSA) is 100 Å². The van der Waals surface area contributed by atoms with Gasteiger partial charge in [-0.1, -0.05) is 18.2 Å². The summed E-state index contributed by atoms with van der Waals surface area (Å²) in [4.78, 5) is 16.1. The number of aromatic amines is 1. The number of aryl methyl sites for hydroxylation is 1. The van der Waals surface area contributed by atoms with E-state index in [9.17, 15) is 13.2 Å². The molecule has 0 aliphatic heterocycles. The highest BCUT2D eigenvalue weighted by Gasteiger charge is 2.15. The third-order valence-corrected chi connectivity index (χ3v) is 5.87. The Morgan fingerprint density at radius 1 is 0.939 bits per heavy atom. The van der Waals surface area contributed by atoms with E-state index in [1.54, 1.807) is 31.4 Å². The van der Waals surface area contributed by atoms with E-state index >= 15 is 0 Å². The first-order valence-electron chi connectivity index (χ1n) is 10.4. The maximum atomic E-state index is 12.6. The van der Waals surface area contributed by atoms with Crippen molar-refractivity contribution in [3.05, 3.63) is 78.4 Å². The van der Waals surface area contributed by atoms with Crippen molar-refractivity contribution in [3.63, 3.8) is 0 Å². The third kappa shape index (κ3) is 5.53. The van der Waals surface area contributed by atoms with Crippen LogP contribution in [0, 0.1) is 0 Å². The molecule has 0 atom stereocenters. The molecule has 170 valence electrons. The van der Waals surface area contributed by atoms with Crippen molar-refractivity contribution in [2.75, 3.05) is 23.4 Å². The predicted molar refractivity (Wildman–Crippen MR) is 132 cm³/mol. The van der Waals surface area contributed by atoms with Crippen LogP contribution in [0.5, 0.6) is 5.75 Å². The monoisotopic (exact) mass is 463 g/mol. The van der Waals surface area contributed by atoms with Gasteiger partial charge in [-0.05, 0) is 72.1 Å². The number of benzene rings is 3. The molecule has 3 aromatic carbocycles. The van der Waals surface area contributed by atoms with Crippen molar-refractivity contribution in [2.45, 2.75) is 12.8 Å². The van der Waals surface area contributed by atoms with E-state index in [0.717, 1.165) is 39.7 Å². The Morgan fingerprint density at radius 3 is 2.27 bits per heavy atom. The van der Waals surface area contributed by atoms with Crippen LogP contribution in [0.4, 0.5) is 11.4 Å². The van der Waals surface area contributed by atoms with E-state index in [4.69, 9.17) is 4.74 Å². The van der Waals surface area contributed by atoms with Gasteiger partial charge in [0.15, 0.2) is 0 Å². The van der Waals surface area contributed by atoms with Gasteiger partial charge in [-0.2, -0.15) is 0 Å². The number of amides is 1. The molecule has 7 nitrogen and oxygen atoms in total. The number of fused-ring (bicyclic) bond motifs is 1. The number of ether oxygens (including phenoxy) is 1. The Morgan fingerprint density at radius 2 is 1.61 bits per heavy atom. The van der Waals surface area contributed by atoms with Crippen LogP contribution >= 0.6 is 0 Å². The number of carbonyl (C=O) groups is 1. The highest BCUT2D eigenvalue weighted by atomic mass is 32.2. The van der Waals surface area contributed by atoms with Gasteiger partial charge in [0.2, 0.25) is 15.9 Å². The number of anilines is 2. The first-order valence-corrected chi connectivity index (χ1v) is 12.3. The fraction of sp³-hybridized carbons (Fsp3) is 0.160. The molecular weight excluding hydrogens is 438 g/mol. The van der Waals surface area contributed by atoms with Crippen LogP contribution in [0.15, 0.2) is 72.8 Å². The average molecular weight is 464 g/mol. The van der Waals surface area contributed by atoms with Crippen LogP contribution < -0.4 is 14.8 Å². The zero-order valence-electron chi connectivity index (χ0n) is 18.4. The summed E-state index contributed by atoms with van der Waals surface area (Å²) in [6, 6.07) is 22.4. The Balaban J connectivity index is 1.50. The van der Waals surface area contributed by atoms with E-state index in [-0.39, 0.29) is 5.91 Å². The molecular formula is C25H25N3O4S. The molecule has 1 aromatic heterocycles. The SMILES string of the molecule is COc1ccc(-c2[nH]c3ccccc3c2CCC(=O)Nc2ccc(NS(C)(=O)=O)cc2)cc1.